The zero-order chi connectivity index (χ0) is 16.4. The number of hydrogen-bond acceptors (Lipinski definition) is 5. The van der Waals surface area contributed by atoms with Gasteiger partial charge in [0.2, 0.25) is 11.8 Å². The molecule has 6 nitrogen and oxygen atoms in total. The van der Waals surface area contributed by atoms with Crippen LogP contribution < -0.4 is 10.6 Å². The number of anilines is 1. The van der Waals surface area contributed by atoms with Gasteiger partial charge in [-0.1, -0.05) is 6.07 Å². The van der Waals surface area contributed by atoms with Crippen LogP contribution in [0.3, 0.4) is 0 Å². The molecule has 2 amide bonds. The van der Waals surface area contributed by atoms with Gasteiger partial charge in [-0.05, 0) is 37.1 Å². The lowest BCUT2D eigenvalue weighted by atomic mass is 10.1. The third-order valence-electron chi connectivity index (χ3n) is 3.65. The summed E-state index contributed by atoms with van der Waals surface area (Å²) in [4.78, 5) is 36.4. The number of imide groups is 1. The zero-order valence-electron chi connectivity index (χ0n) is 12.4. The summed E-state index contributed by atoms with van der Waals surface area (Å²) < 4.78 is 0. The maximum absolute atomic E-state index is 12.4. The van der Waals surface area contributed by atoms with Crippen molar-refractivity contribution in [3.8, 4) is 0 Å². The van der Waals surface area contributed by atoms with Gasteiger partial charge in [-0.2, -0.15) is 0 Å². The van der Waals surface area contributed by atoms with E-state index in [0.717, 1.165) is 22.9 Å². The van der Waals surface area contributed by atoms with Crippen molar-refractivity contribution in [2.75, 3.05) is 10.7 Å². The smallest absolute Gasteiger partial charge is 0.321 e. The SMILES string of the molecule is Cc1ccc(N2C(=O)C[C@H](SC[C@H](N)C(=O)O)C2=O)cc1C. The summed E-state index contributed by atoms with van der Waals surface area (Å²) >= 11 is 1.12. The van der Waals surface area contributed by atoms with Crippen molar-refractivity contribution in [3.05, 3.63) is 29.3 Å². The molecule has 0 saturated carbocycles. The fraction of sp³-hybridized carbons (Fsp3) is 0.400. The lowest BCUT2D eigenvalue weighted by Crippen LogP contribution is -2.35. The highest BCUT2D eigenvalue weighted by Gasteiger charge is 2.40. The summed E-state index contributed by atoms with van der Waals surface area (Å²) in [6, 6.07) is 4.38. The number of rotatable bonds is 5. The molecule has 0 aromatic heterocycles. The van der Waals surface area contributed by atoms with Crippen LogP contribution in [0.25, 0.3) is 0 Å². The van der Waals surface area contributed by atoms with Gasteiger partial charge < -0.3 is 10.8 Å². The van der Waals surface area contributed by atoms with Crippen molar-refractivity contribution in [1.82, 2.24) is 0 Å². The molecule has 1 aromatic rings. The average Bonchev–Trinajstić information content (AvgIpc) is 2.74. The summed E-state index contributed by atoms with van der Waals surface area (Å²) in [5.41, 5.74) is 8.07. The Morgan fingerprint density at radius 2 is 2.09 bits per heavy atom. The first-order valence-electron chi connectivity index (χ1n) is 6.85. The van der Waals surface area contributed by atoms with Gasteiger partial charge in [-0.25, -0.2) is 4.90 Å². The number of carboxylic acids is 1. The Hall–Kier alpha value is -1.86. The van der Waals surface area contributed by atoms with Crippen LogP contribution in [0.2, 0.25) is 0 Å². The standard InChI is InChI=1S/C15H18N2O4S/c1-8-3-4-10(5-9(8)2)17-13(18)6-12(14(17)19)22-7-11(16)15(20)21/h3-5,11-12H,6-7,16H2,1-2H3,(H,20,21)/t11-,12-/m0/s1. The molecule has 1 fully saturated rings. The molecular weight excluding hydrogens is 304 g/mol. The monoisotopic (exact) mass is 322 g/mol. The zero-order valence-corrected chi connectivity index (χ0v) is 13.2. The lowest BCUT2D eigenvalue weighted by molar-refractivity contribution is -0.138. The first-order valence-corrected chi connectivity index (χ1v) is 7.90. The molecule has 2 rings (SSSR count). The van der Waals surface area contributed by atoms with Crippen molar-refractivity contribution in [2.45, 2.75) is 31.6 Å². The topological polar surface area (TPSA) is 101 Å². The average molecular weight is 322 g/mol. The molecule has 1 saturated heterocycles. The number of carbonyl (C=O) groups is 3. The number of carbonyl (C=O) groups excluding carboxylic acids is 2. The Labute approximate surface area is 132 Å². The number of amides is 2. The molecule has 1 heterocycles. The predicted octanol–water partition coefficient (Wildman–Crippen LogP) is 1.08. The maximum atomic E-state index is 12.4. The van der Waals surface area contributed by atoms with E-state index >= 15 is 0 Å². The second kappa shape index (κ2) is 6.50. The van der Waals surface area contributed by atoms with Gasteiger partial charge in [-0.15, -0.1) is 11.8 Å². The van der Waals surface area contributed by atoms with Crippen molar-refractivity contribution >= 4 is 35.2 Å². The van der Waals surface area contributed by atoms with E-state index in [9.17, 15) is 14.4 Å². The number of nitrogens with two attached hydrogens (primary N) is 1. The fourth-order valence-corrected chi connectivity index (χ4v) is 3.25. The van der Waals surface area contributed by atoms with Crippen LogP contribution in [0.4, 0.5) is 5.69 Å². The molecule has 22 heavy (non-hydrogen) atoms. The minimum atomic E-state index is -1.12. The molecule has 1 aliphatic rings. The van der Waals surface area contributed by atoms with Crippen molar-refractivity contribution in [2.24, 2.45) is 5.73 Å². The highest BCUT2D eigenvalue weighted by Crippen LogP contribution is 2.30. The number of nitrogens with zero attached hydrogens (tertiary/aromatic N) is 1. The second-order valence-electron chi connectivity index (χ2n) is 5.31. The second-order valence-corrected chi connectivity index (χ2v) is 6.54. The molecule has 0 bridgehead atoms. The number of aliphatic carboxylic acids is 1. The van der Waals surface area contributed by atoms with Crippen molar-refractivity contribution < 1.29 is 19.5 Å². The number of benzene rings is 1. The largest absolute Gasteiger partial charge is 0.480 e. The number of thioether (sulfide) groups is 1. The molecule has 0 spiro atoms. The van der Waals surface area contributed by atoms with E-state index in [4.69, 9.17) is 10.8 Å². The molecule has 0 aliphatic carbocycles. The molecule has 1 aromatic carbocycles. The summed E-state index contributed by atoms with van der Waals surface area (Å²) in [5, 5.41) is 8.19. The predicted molar refractivity (Wildman–Crippen MR) is 84.9 cm³/mol. The quantitative estimate of drug-likeness (QED) is 0.787. The Morgan fingerprint density at radius 1 is 1.41 bits per heavy atom. The molecule has 118 valence electrons. The third kappa shape index (κ3) is 3.31. The maximum Gasteiger partial charge on any atom is 0.321 e. The molecular formula is C15H18N2O4S. The number of carboxylic acid groups (broad SMARTS) is 1. The van der Waals surface area contributed by atoms with Crippen LogP contribution in [0.1, 0.15) is 17.5 Å². The highest BCUT2D eigenvalue weighted by atomic mass is 32.2. The molecule has 2 atom stereocenters. The molecule has 0 unspecified atom stereocenters. The fourth-order valence-electron chi connectivity index (χ4n) is 2.16. The summed E-state index contributed by atoms with van der Waals surface area (Å²) in [6.45, 7) is 3.88. The summed E-state index contributed by atoms with van der Waals surface area (Å²) in [6.07, 6.45) is 0.0722. The Kier molecular flexibility index (Phi) is 4.87. The van der Waals surface area contributed by atoms with Gasteiger partial charge in [0, 0.05) is 12.2 Å². The van der Waals surface area contributed by atoms with Crippen LogP contribution >= 0.6 is 11.8 Å². The Bertz CT molecular complexity index is 632. The lowest BCUT2D eigenvalue weighted by Gasteiger charge is -2.16. The van der Waals surface area contributed by atoms with Crippen molar-refractivity contribution in [1.29, 1.82) is 0 Å². The Morgan fingerprint density at radius 3 is 2.68 bits per heavy atom. The molecule has 7 heteroatoms. The van der Waals surface area contributed by atoms with Crippen molar-refractivity contribution in [3.63, 3.8) is 0 Å². The molecule has 3 N–H and O–H groups in total. The van der Waals surface area contributed by atoms with Gasteiger partial charge >= 0.3 is 5.97 Å². The van der Waals surface area contributed by atoms with E-state index in [-0.39, 0.29) is 24.0 Å². The van der Waals surface area contributed by atoms with Crippen LogP contribution in [0, 0.1) is 13.8 Å². The highest BCUT2D eigenvalue weighted by molar-refractivity contribution is 8.00. The van der Waals surface area contributed by atoms with Crippen LogP contribution in [0.15, 0.2) is 18.2 Å². The van der Waals surface area contributed by atoms with Crippen LogP contribution in [0.5, 0.6) is 0 Å². The number of hydrogen-bond donors (Lipinski definition) is 2. The van der Waals surface area contributed by atoms with E-state index in [1.807, 2.05) is 19.9 Å². The normalized spacial score (nSPS) is 19.6. The van der Waals surface area contributed by atoms with Gasteiger partial charge in [0.1, 0.15) is 6.04 Å². The first kappa shape index (κ1) is 16.5. The van der Waals surface area contributed by atoms with E-state index < -0.39 is 17.3 Å². The number of aryl methyl sites for hydroxylation is 2. The van der Waals surface area contributed by atoms with E-state index in [2.05, 4.69) is 0 Å². The summed E-state index contributed by atoms with van der Waals surface area (Å²) in [5.74, 6) is -1.60. The van der Waals surface area contributed by atoms with E-state index in [1.165, 1.54) is 4.90 Å². The first-order chi connectivity index (χ1) is 10.3. The van der Waals surface area contributed by atoms with E-state index in [0.29, 0.717) is 5.69 Å². The van der Waals surface area contributed by atoms with Gasteiger partial charge in [0.05, 0.1) is 10.9 Å². The summed E-state index contributed by atoms with van der Waals surface area (Å²) in [7, 11) is 0. The Balaban J connectivity index is 2.11. The third-order valence-corrected chi connectivity index (χ3v) is 4.97. The van der Waals surface area contributed by atoms with Crippen LogP contribution in [-0.4, -0.2) is 39.9 Å². The minimum absolute atomic E-state index is 0.0722. The van der Waals surface area contributed by atoms with E-state index in [1.54, 1.807) is 12.1 Å². The van der Waals surface area contributed by atoms with Crippen LogP contribution in [-0.2, 0) is 14.4 Å². The minimum Gasteiger partial charge on any atom is -0.480 e. The molecule has 1 aliphatic heterocycles. The van der Waals surface area contributed by atoms with Gasteiger partial charge in [0.25, 0.3) is 0 Å². The molecule has 0 radical (unpaired) electrons. The van der Waals surface area contributed by atoms with Gasteiger partial charge in [0.15, 0.2) is 0 Å². The van der Waals surface area contributed by atoms with Gasteiger partial charge in [-0.3, -0.25) is 14.4 Å².